The first-order chi connectivity index (χ1) is 9.66. The lowest BCUT2D eigenvalue weighted by Crippen LogP contribution is -2.51. The van der Waals surface area contributed by atoms with E-state index in [1.54, 1.807) is 18.2 Å². The second kappa shape index (κ2) is 5.13. The Balaban J connectivity index is 1.91. The molecule has 3 rings (SSSR count). The Kier molecular flexibility index (Phi) is 3.31. The Morgan fingerprint density at radius 1 is 1.35 bits per heavy atom. The highest BCUT2D eigenvalue weighted by Gasteiger charge is 2.36. The van der Waals surface area contributed by atoms with Gasteiger partial charge in [-0.15, -0.1) is 0 Å². The van der Waals surface area contributed by atoms with Crippen LogP contribution in [0.2, 0.25) is 0 Å². The fourth-order valence-electron chi connectivity index (χ4n) is 2.66. The summed E-state index contributed by atoms with van der Waals surface area (Å²) in [7, 11) is 0. The highest BCUT2D eigenvalue weighted by Crippen LogP contribution is 2.34. The molecule has 1 aromatic rings. The number of benzene rings is 1. The standard InChI is InChI=1S/C14H16N2O4/c17-13(9-4-3-7-15-9)16-8-12(14(18)19)20-11-6-2-1-5-10(11)16/h1-2,5-6,9,12,15H,3-4,7-8H2,(H,18,19)/t9-,12?/m1/s1. The minimum atomic E-state index is -1.06. The molecule has 20 heavy (non-hydrogen) atoms. The van der Waals surface area contributed by atoms with Crippen LogP contribution in [0.1, 0.15) is 12.8 Å². The molecule has 2 atom stereocenters. The summed E-state index contributed by atoms with van der Waals surface area (Å²) in [6.45, 7) is 0.869. The number of aliphatic carboxylic acids is 1. The van der Waals surface area contributed by atoms with Crippen molar-refractivity contribution in [1.29, 1.82) is 0 Å². The van der Waals surface area contributed by atoms with Crippen LogP contribution >= 0.6 is 0 Å². The van der Waals surface area contributed by atoms with Crippen LogP contribution in [0.15, 0.2) is 24.3 Å². The van der Waals surface area contributed by atoms with Gasteiger partial charge in [0.15, 0.2) is 0 Å². The fraction of sp³-hybridized carbons (Fsp3) is 0.429. The maximum absolute atomic E-state index is 12.5. The van der Waals surface area contributed by atoms with Crippen LogP contribution < -0.4 is 15.0 Å². The van der Waals surface area contributed by atoms with Crippen LogP contribution in [0.5, 0.6) is 5.75 Å². The highest BCUT2D eigenvalue weighted by atomic mass is 16.5. The number of hydrogen-bond donors (Lipinski definition) is 2. The Labute approximate surface area is 116 Å². The summed E-state index contributed by atoms with van der Waals surface area (Å²) in [4.78, 5) is 25.2. The molecule has 0 aliphatic carbocycles. The summed E-state index contributed by atoms with van der Waals surface area (Å²) >= 11 is 0. The topological polar surface area (TPSA) is 78.9 Å². The number of anilines is 1. The van der Waals surface area contributed by atoms with Gasteiger partial charge in [-0.2, -0.15) is 0 Å². The van der Waals surface area contributed by atoms with E-state index in [1.807, 2.05) is 6.07 Å². The van der Waals surface area contributed by atoms with Crippen molar-refractivity contribution < 1.29 is 19.4 Å². The number of hydrogen-bond acceptors (Lipinski definition) is 4. The van der Waals surface area contributed by atoms with Crippen molar-refractivity contribution >= 4 is 17.6 Å². The summed E-state index contributed by atoms with van der Waals surface area (Å²) in [6.07, 6.45) is 0.733. The van der Waals surface area contributed by atoms with Crippen LogP contribution in [-0.4, -0.2) is 42.2 Å². The lowest BCUT2D eigenvalue weighted by atomic mass is 10.1. The maximum Gasteiger partial charge on any atom is 0.346 e. The van der Waals surface area contributed by atoms with Gasteiger partial charge in [0.05, 0.1) is 18.3 Å². The van der Waals surface area contributed by atoms with Gasteiger partial charge in [0, 0.05) is 0 Å². The van der Waals surface area contributed by atoms with Crippen molar-refractivity contribution in [3.05, 3.63) is 24.3 Å². The van der Waals surface area contributed by atoms with E-state index in [4.69, 9.17) is 9.84 Å². The highest BCUT2D eigenvalue weighted by molar-refractivity contribution is 6.00. The molecule has 0 aromatic heterocycles. The largest absolute Gasteiger partial charge is 0.478 e. The second-order valence-corrected chi connectivity index (χ2v) is 5.01. The summed E-state index contributed by atoms with van der Waals surface area (Å²) in [5.41, 5.74) is 0.642. The normalized spacial score (nSPS) is 24.9. The van der Waals surface area contributed by atoms with Gasteiger partial charge in [0.1, 0.15) is 5.75 Å². The van der Waals surface area contributed by atoms with Gasteiger partial charge in [-0.05, 0) is 31.5 Å². The average Bonchev–Trinajstić information content (AvgIpc) is 2.99. The molecule has 2 aliphatic heterocycles. The van der Waals surface area contributed by atoms with E-state index >= 15 is 0 Å². The van der Waals surface area contributed by atoms with Crippen molar-refractivity contribution in [1.82, 2.24) is 5.32 Å². The van der Waals surface area contributed by atoms with Crippen molar-refractivity contribution in [2.24, 2.45) is 0 Å². The maximum atomic E-state index is 12.5. The first kappa shape index (κ1) is 12.9. The molecule has 6 heteroatoms. The van der Waals surface area contributed by atoms with E-state index in [-0.39, 0.29) is 18.5 Å². The monoisotopic (exact) mass is 276 g/mol. The first-order valence-electron chi connectivity index (χ1n) is 6.70. The van der Waals surface area contributed by atoms with Gasteiger partial charge in [-0.3, -0.25) is 4.79 Å². The van der Waals surface area contributed by atoms with Gasteiger partial charge in [0.25, 0.3) is 0 Å². The van der Waals surface area contributed by atoms with Crippen molar-refractivity contribution in [3.63, 3.8) is 0 Å². The molecule has 2 aliphatic rings. The van der Waals surface area contributed by atoms with Crippen LogP contribution in [0.4, 0.5) is 5.69 Å². The molecule has 6 nitrogen and oxygen atoms in total. The molecule has 106 valence electrons. The molecule has 0 saturated carbocycles. The Morgan fingerprint density at radius 3 is 2.85 bits per heavy atom. The number of carboxylic acid groups (broad SMARTS) is 1. The zero-order valence-corrected chi connectivity index (χ0v) is 10.9. The quantitative estimate of drug-likeness (QED) is 0.827. The van der Waals surface area contributed by atoms with Crippen LogP contribution in [0.3, 0.4) is 0 Å². The molecular weight excluding hydrogens is 260 g/mol. The van der Waals surface area contributed by atoms with Gasteiger partial charge in [-0.1, -0.05) is 12.1 Å². The summed E-state index contributed by atoms with van der Waals surface area (Å²) in [5, 5.41) is 12.3. The van der Waals surface area contributed by atoms with E-state index in [0.717, 1.165) is 19.4 Å². The van der Waals surface area contributed by atoms with Crippen molar-refractivity contribution in [2.45, 2.75) is 25.0 Å². The van der Waals surface area contributed by atoms with E-state index in [2.05, 4.69) is 5.32 Å². The molecule has 1 unspecified atom stereocenters. The van der Waals surface area contributed by atoms with E-state index < -0.39 is 12.1 Å². The number of nitrogens with zero attached hydrogens (tertiary/aromatic N) is 1. The second-order valence-electron chi connectivity index (χ2n) is 5.01. The Bertz CT molecular complexity index is 540. The van der Waals surface area contributed by atoms with Crippen molar-refractivity contribution in [2.75, 3.05) is 18.0 Å². The van der Waals surface area contributed by atoms with E-state index in [9.17, 15) is 9.59 Å². The fourth-order valence-corrected chi connectivity index (χ4v) is 2.66. The van der Waals surface area contributed by atoms with Crippen LogP contribution in [0, 0.1) is 0 Å². The summed E-state index contributed by atoms with van der Waals surface area (Å²) < 4.78 is 5.42. The number of ether oxygens (including phenoxy) is 1. The number of para-hydroxylation sites is 2. The summed E-state index contributed by atoms with van der Waals surface area (Å²) in [5.74, 6) is -0.696. The molecule has 2 heterocycles. The third kappa shape index (κ3) is 2.22. The van der Waals surface area contributed by atoms with Crippen molar-refractivity contribution in [3.8, 4) is 5.75 Å². The number of fused-ring (bicyclic) bond motifs is 1. The van der Waals surface area contributed by atoms with E-state index in [0.29, 0.717) is 11.4 Å². The van der Waals surface area contributed by atoms with E-state index in [1.165, 1.54) is 4.90 Å². The molecule has 0 bridgehead atoms. The first-order valence-corrected chi connectivity index (χ1v) is 6.70. The molecule has 2 N–H and O–H groups in total. The van der Waals surface area contributed by atoms with Crippen LogP contribution in [0.25, 0.3) is 0 Å². The number of amides is 1. The van der Waals surface area contributed by atoms with Crippen LogP contribution in [-0.2, 0) is 9.59 Å². The molecule has 1 amide bonds. The van der Waals surface area contributed by atoms with Gasteiger partial charge in [0.2, 0.25) is 12.0 Å². The summed E-state index contributed by atoms with van der Waals surface area (Å²) in [6, 6.07) is 6.81. The lowest BCUT2D eigenvalue weighted by molar-refractivity contribution is -0.145. The predicted octanol–water partition coefficient (Wildman–Crippen LogP) is 0.617. The minimum Gasteiger partial charge on any atom is -0.478 e. The van der Waals surface area contributed by atoms with Gasteiger partial charge < -0.3 is 20.1 Å². The number of nitrogens with one attached hydrogen (secondary N) is 1. The molecule has 1 saturated heterocycles. The Hall–Kier alpha value is -2.08. The van der Waals surface area contributed by atoms with Gasteiger partial charge in [-0.25, -0.2) is 4.79 Å². The zero-order chi connectivity index (χ0) is 14.1. The smallest absolute Gasteiger partial charge is 0.346 e. The van der Waals surface area contributed by atoms with Gasteiger partial charge >= 0.3 is 5.97 Å². The molecule has 0 spiro atoms. The number of carboxylic acids is 1. The third-order valence-corrected chi connectivity index (χ3v) is 3.67. The number of carbonyl (C=O) groups excluding carboxylic acids is 1. The third-order valence-electron chi connectivity index (χ3n) is 3.67. The predicted molar refractivity (Wildman–Crippen MR) is 71.9 cm³/mol. The molecule has 1 aromatic carbocycles. The SMILES string of the molecule is O=C(O)C1CN(C(=O)[C@H]2CCCN2)c2ccccc2O1. The number of rotatable bonds is 2. The molecule has 1 fully saturated rings. The zero-order valence-electron chi connectivity index (χ0n) is 10.9. The minimum absolute atomic E-state index is 0.0450. The average molecular weight is 276 g/mol. The lowest BCUT2D eigenvalue weighted by Gasteiger charge is -2.34. The molecular formula is C14H16N2O4. The molecule has 0 radical (unpaired) electrons. The number of carbonyl (C=O) groups is 2. The Morgan fingerprint density at radius 2 is 2.15 bits per heavy atom.